The highest BCUT2D eigenvalue weighted by Crippen LogP contribution is 2.37. The third kappa shape index (κ3) is 2.68. The molecule has 3 heterocycles. The first-order chi connectivity index (χ1) is 12.4. The number of furan rings is 1. The Labute approximate surface area is 154 Å². The number of pyridine rings is 2. The minimum absolute atomic E-state index is 0.0105. The van der Waals surface area contributed by atoms with Crippen LogP contribution in [-0.4, -0.2) is 9.97 Å². The molecule has 3 aromatic heterocycles. The lowest BCUT2D eigenvalue weighted by atomic mass is 9.91. The van der Waals surface area contributed by atoms with E-state index in [0.717, 1.165) is 45.3 Å². The smallest absolute Gasteiger partial charge is 0.227 e. The summed E-state index contributed by atoms with van der Waals surface area (Å²) in [5.41, 5.74) is 6.99. The SMILES string of the molecule is CCc1ccc(-c2c(C)ccc3c2oc2nc(C(C)(C)C)ccc23)nc1. The molecule has 0 bridgehead atoms. The monoisotopic (exact) mass is 344 g/mol. The number of aromatic nitrogens is 2. The Hall–Kier alpha value is -2.68. The molecule has 0 N–H and O–H groups in total. The summed E-state index contributed by atoms with van der Waals surface area (Å²) in [5, 5.41) is 2.15. The first kappa shape index (κ1) is 16.8. The third-order valence-corrected chi connectivity index (χ3v) is 4.97. The summed E-state index contributed by atoms with van der Waals surface area (Å²) in [6.07, 6.45) is 2.94. The van der Waals surface area contributed by atoms with Gasteiger partial charge in [0.15, 0.2) is 0 Å². The molecule has 0 aliphatic heterocycles. The maximum absolute atomic E-state index is 6.26. The van der Waals surface area contributed by atoms with Gasteiger partial charge in [-0.05, 0) is 42.7 Å². The van der Waals surface area contributed by atoms with Crippen LogP contribution in [0.15, 0.2) is 47.0 Å². The molecule has 0 unspecified atom stereocenters. The summed E-state index contributed by atoms with van der Waals surface area (Å²) < 4.78 is 6.26. The van der Waals surface area contributed by atoms with Crippen LogP contribution in [0.5, 0.6) is 0 Å². The van der Waals surface area contributed by atoms with Crippen LogP contribution in [0.1, 0.15) is 44.5 Å². The molecule has 0 spiro atoms. The predicted octanol–water partition coefficient (Wildman–Crippen LogP) is 6.21. The van der Waals surface area contributed by atoms with E-state index in [1.54, 1.807) is 0 Å². The normalized spacial score (nSPS) is 12.2. The fourth-order valence-corrected chi connectivity index (χ4v) is 3.34. The van der Waals surface area contributed by atoms with Crippen molar-refractivity contribution in [1.82, 2.24) is 9.97 Å². The molecule has 132 valence electrons. The average molecular weight is 344 g/mol. The second-order valence-corrected chi connectivity index (χ2v) is 7.94. The van der Waals surface area contributed by atoms with Gasteiger partial charge in [0, 0.05) is 33.6 Å². The number of hydrogen-bond acceptors (Lipinski definition) is 3. The van der Waals surface area contributed by atoms with E-state index in [-0.39, 0.29) is 5.41 Å². The Kier molecular flexibility index (Phi) is 3.83. The molecule has 0 fully saturated rings. The maximum Gasteiger partial charge on any atom is 0.227 e. The van der Waals surface area contributed by atoms with Crippen LogP contribution >= 0.6 is 0 Å². The summed E-state index contributed by atoms with van der Waals surface area (Å²) in [4.78, 5) is 9.47. The zero-order chi connectivity index (χ0) is 18.5. The van der Waals surface area contributed by atoms with Gasteiger partial charge in [-0.3, -0.25) is 4.98 Å². The lowest BCUT2D eigenvalue weighted by Crippen LogP contribution is -2.12. The van der Waals surface area contributed by atoms with Crippen LogP contribution in [0.25, 0.3) is 33.3 Å². The fourth-order valence-electron chi connectivity index (χ4n) is 3.34. The van der Waals surface area contributed by atoms with Crippen LogP contribution < -0.4 is 0 Å². The van der Waals surface area contributed by atoms with Crippen LogP contribution in [0, 0.1) is 6.92 Å². The van der Waals surface area contributed by atoms with Crippen molar-refractivity contribution in [1.29, 1.82) is 0 Å². The molecule has 0 aliphatic carbocycles. The summed E-state index contributed by atoms with van der Waals surface area (Å²) in [7, 11) is 0. The van der Waals surface area contributed by atoms with Gasteiger partial charge in [-0.2, -0.15) is 0 Å². The van der Waals surface area contributed by atoms with Crippen molar-refractivity contribution in [3.05, 3.63) is 59.4 Å². The summed E-state index contributed by atoms with van der Waals surface area (Å²) in [5.74, 6) is 0. The van der Waals surface area contributed by atoms with Gasteiger partial charge in [-0.25, -0.2) is 4.98 Å². The van der Waals surface area contributed by atoms with Gasteiger partial charge in [-0.15, -0.1) is 0 Å². The molecular formula is C23H24N2O. The molecular weight excluding hydrogens is 320 g/mol. The Balaban J connectivity index is 1.99. The molecule has 0 aliphatic rings. The molecule has 4 rings (SSSR count). The third-order valence-electron chi connectivity index (χ3n) is 4.97. The predicted molar refractivity (Wildman–Crippen MR) is 108 cm³/mol. The van der Waals surface area contributed by atoms with Gasteiger partial charge in [0.25, 0.3) is 0 Å². The van der Waals surface area contributed by atoms with Crippen molar-refractivity contribution in [3.63, 3.8) is 0 Å². The molecule has 0 saturated heterocycles. The van der Waals surface area contributed by atoms with Crippen molar-refractivity contribution in [3.8, 4) is 11.3 Å². The number of rotatable bonds is 2. The average Bonchev–Trinajstić information content (AvgIpc) is 2.98. The van der Waals surface area contributed by atoms with Gasteiger partial charge < -0.3 is 4.42 Å². The van der Waals surface area contributed by atoms with Gasteiger partial charge in [0.2, 0.25) is 5.71 Å². The van der Waals surface area contributed by atoms with E-state index in [2.05, 4.69) is 76.0 Å². The highest BCUT2D eigenvalue weighted by Gasteiger charge is 2.20. The Bertz CT molecular complexity index is 1100. The summed E-state index contributed by atoms with van der Waals surface area (Å²) >= 11 is 0. The van der Waals surface area contributed by atoms with Crippen molar-refractivity contribution < 1.29 is 4.42 Å². The summed E-state index contributed by atoms with van der Waals surface area (Å²) in [6, 6.07) is 12.7. The van der Waals surface area contributed by atoms with Gasteiger partial charge >= 0.3 is 0 Å². The van der Waals surface area contributed by atoms with E-state index in [1.165, 1.54) is 5.56 Å². The first-order valence-corrected chi connectivity index (χ1v) is 9.17. The van der Waals surface area contributed by atoms with E-state index in [9.17, 15) is 0 Å². The second-order valence-electron chi connectivity index (χ2n) is 7.94. The van der Waals surface area contributed by atoms with Crippen molar-refractivity contribution >= 4 is 22.1 Å². The minimum Gasteiger partial charge on any atom is -0.437 e. The minimum atomic E-state index is -0.0105. The molecule has 26 heavy (non-hydrogen) atoms. The van der Waals surface area contributed by atoms with Crippen molar-refractivity contribution in [2.75, 3.05) is 0 Å². The quantitative estimate of drug-likeness (QED) is 0.434. The van der Waals surface area contributed by atoms with Crippen LogP contribution in [0.4, 0.5) is 0 Å². The lowest BCUT2D eigenvalue weighted by molar-refractivity contribution is 0.562. The van der Waals surface area contributed by atoms with Crippen molar-refractivity contribution in [2.45, 2.75) is 46.5 Å². The molecule has 0 atom stereocenters. The van der Waals surface area contributed by atoms with Crippen LogP contribution in [-0.2, 0) is 11.8 Å². The second kappa shape index (κ2) is 5.94. The van der Waals surface area contributed by atoms with E-state index < -0.39 is 0 Å². The highest BCUT2D eigenvalue weighted by atomic mass is 16.3. The standard InChI is InChI=1S/C23H24N2O/c1-6-15-8-11-18(24-13-15)20-14(2)7-9-16-17-10-12-19(23(3,4)5)25-22(17)26-21(16)20/h7-13H,6H2,1-5H3. The lowest BCUT2D eigenvalue weighted by Gasteiger charge is -2.16. The van der Waals surface area contributed by atoms with E-state index >= 15 is 0 Å². The molecule has 4 aromatic rings. The highest BCUT2D eigenvalue weighted by molar-refractivity contribution is 6.09. The Morgan fingerprint density at radius 1 is 0.962 bits per heavy atom. The fraction of sp³-hybridized carbons (Fsp3) is 0.304. The van der Waals surface area contributed by atoms with Crippen LogP contribution in [0.2, 0.25) is 0 Å². The van der Waals surface area contributed by atoms with E-state index in [4.69, 9.17) is 9.40 Å². The van der Waals surface area contributed by atoms with Gasteiger partial charge in [0.1, 0.15) is 5.58 Å². The van der Waals surface area contributed by atoms with E-state index in [1.807, 2.05) is 6.20 Å². The number of hydrogen-bond donors (Lipinski definition) is 0. The Morgan fingerprint density at radius 3 is 2.38 bits per heavy atom. The molecule has 1 aromatic carbocycles. The van der Waals surface area contributed by atoms with Crippen molar-refractivity contribution in [2.24, 2.45) is 0 Å². The van der Waals surface area contributed by atoms with E-state index in [0.29, 0.717) is 5.71 Å². The number of aryl methyl sites for hydroxylation is 2. The molecule has 0 saturated carbocycles. The number of benzene rings is 1. The maximum atomic E-state index is 6.26. The van der Waals surface area contributed by atoms with Gasteiger partial charge in [-0.1, -0.05) is 45.9 Å². The Morgan fingerprint density at radius 2 is 1.73 bits per heavy atom. The molecule has 3 nitrogen and oxygen atoms in total. The largest absolute Gasteiger partial charge is 0.437 e. The molecule has 0 radical (unpaired) electrons. The van der Waals surface area contributed by atoms with Crippen LogP contribution in [0.3, 0.4) is 0 Å². The first-order valence-electron chi connectivity index (χ1n) is 9.17. The molecule has 0 amide bonds. The topological polar surface area (TPSA) is 38.9 Å². The molecule has 3 heteroatoms. The zero-order valence-electron chi connectivity index (χ0n) is 16.1. The van der Waals surface area contributed by atoms with Gasteiger partial charge in [0.05, 0.1) is 5.69 Å². The number of nitrogens with zero attached hydrogens (tertiary/aromatic N) is 2. The number of fused-ring (bicyclic) bond motifs is 3. The summed E-state index contributed by atoms with van der Waals surface area (Å²) in [6.45, 7) is 10.7. The zero-order valence-corrected chi connectivity index (χ0v) is 16.1.